The zero-order valence-electron chi connectivity index (χ0n) is 10.3. The van der Waals surface area contributed by atoms with E-state index in [0.29, 0.717) is 0 Å². The van der Waals surface area contributed by atoms with Crippen molar-refractivity contribution in [1.82, 2.24) is 10.3 Å². The number of rotatable bonds is 2. The zero-order chi connectivity index (χ0) is 12.5. The fourth-order valence-electron chi connectivity index (χ4n) is 2.70. The van der Waals surface area contributed by atoms with Gasteiger partial charge in [0.2, 0.25) is 0 Å². The minimum Gasteiger partial charge on any atom is -0.388 e. The van der Waals surface area contributed by atoms with Gasteiger partial charge in [-0.1, -0.05) is 34.6 Å². The maximum atomic E-state index is 10.4. The van der Waals surface area contributed by atoms with Crippen molar-refractivity contribution in [2.75, 3.05) is 0 Å². The van der Waals surface area contributed by atoms with Crippen molar-refractivity contribution < 1.29 is 9.74 Å². The van der Waals surface area contributed by atoms with Crippen LogP contribution in [0.4, 0.5) is 0 Å². The summed E-state index contributed by atoms with van der Waals surface area (Å²) in [5, 5.41) is 18.1. The Hall–Kier alpha value is -1.68. The molecule has 94 valence electrons. The lowest BCUT2D eigenvalue weighted by Crippen LogP contribution is -2.22. The molecule has 0 bridgehead atoms. The average Bonchev–Trinajstić information content (AvgIpc) is 2.79. The van der Waals surface area contributed by atoms with E-state index in [1.54, 1.807) is 0 Å². The summed E-state index contributed by atoms with van der Waals surface area (Å²) in [4.78, 5) is 0. The third kappa shape index (κ3) is 1.93. The van der Waals surface area contributed by atoms with Gasteiger partial charge in [0.15, 0.2) is 0 Å². The first-order valence-corrected chi connectivity index (χ1v) is 6.29. The van der Waals surface area contributed by atoms with Crippen LogP contribution in [-0.4, -0.2) is 15.4 Å². The third-order valence-electron chi connectivity index (χ3n) is 3.81. The van der Waals surface area contributed by atoms with Gasteiger partial charge in [-0.2, -0.15) is 0 Å². The van der Waals surface area contributed by atoms with Crippen molar-refractivity contribution in [1.29, 1.82) is 0 Å². The van der Waals surface area contributed by atoms with Crippen molar-refractivity contribution in [2.45, 2.75) is 32.3 Å². The Kier molecular flexibility index (Phi) is 2.88. The summed E-state index contributed by atoms with van der Waals surface area (Å²) in [6.07, 6.45) is 2.31. The highest BCUT2D eigenvalue weighted by atomic mass is 16.6. The molecule has 4 nitrogen and oxygen atoms in total. The van der Waals surface area contributed by atoms with Crippen molar-refractivity contribution >= 4 is 0 Å². The number of benzene rings is 1. The van der Waals surface area contributed by atoms with Crippen LogP contribution in [0.5, 0.6) is 0 Å². The van der Waals surface area contributed by atoms with E-state index in [2.05, 4.69) is 16.4 Å². The molecular weight excluding hydrogens is 228 g/mol. The second kappa shape index (κ2) is 4.53. The molecule has 0 aliphatic heterocycles. The molecule has 2 atom stereocenters. The molecule has 0 radical (unpaired) electrons. The highest BCUT2D eigenvalue weighted by Gasteiger charge is 2.29. The summed E-state index contributed by atoms with van der Waals surface area (Å²) in [6, 6.07) is 8.11. The van der Waals surface area contributed by atoms with Crippen LogP contribution in [0.2, 0.25) is 0 Å². The number of hydrogen-bond donors (Lipinski definition) is 1. The van der Waals surface area contributed by atoms with Crippen LogP contribution in [0.15, 0.2) is 28.9 Å². The molecule has 0 saturated heterocycles. The molecule has 1 aromatic carbocycles. The van der Waals surface area contributed by atoms with Gasteiger partial charge in [-0.15, -0.1) is 0 Å². The fourth-order valence-corrected chi connectivity index (χ4v) is 2.70. The van der Waals surface area contributed by atoms with E-state index in [1.807, 2.05) is 25.1 Å². The van der Waals surface area contributed by atoms with Crippen molar-refractivity contribution in [2.24, 2.45) is 5.92 Å². The molecule has 1 aliphatic rings. The predicted octanol–water partition coefficient (Wildman–Crippen LogP) is 2.22. The summed E-state index contributed by atoms with van der Waals surface area (Å²) >= 11 is 0. The third-order valence-corrected chi connectivity index (χ3v) is 3.81. The molecule has 0 fully saturated rings. The smallest absolute Gasteiger partial charge is 0.108 e. The standard InChI is InChI=1S/C14H16N2O2/c1-9-13(16-18-15-9)8-11-7-6-10-4-2-3-5-12(10)14(11)17/h2-5,11,14,17H,6-8H2,1H3. The first-order valence-electron chi connectivity index (χ1n) is 6.29. The molecule has 2 unspecified atom stereocenters. The molecule has 1 aromatic heterocycles. The first-order chi connectivity index (χ1) is 8.75. The van der Waals surface area contributed by atoms with Crippen molar-refractivity contribution in [3.05, 3.63) is 46.8 Å². The Bertz CT molecular complexity index is 550. The predicted molar refractivity (Wildman–Crippen MR) is 66.0 cm³/mol. The monoisotopic (exact) mass is 244 g/mol. The summed E-state index contributed by atoms with van der Waals surface area (Å²) in [5.74, 6) is 0.200. The zero-order valence-corrected chi connectivity index (χ0v) is 10.3. The van der Waals surface area contributed by atoms with E-state index in [9.17, 15) is 5.11 Å². The maximum absolute atomic E-state index is 10.4. The minimum absolute atomic E-state index is 0.200. The van der Waals surface area contributed by atoms with E-state index in [0.717, 1.165) is 36.2 Å². The van der Waals surface area contributed by atoms with Crippen LogP contribution in [0.1, 0.15) is 35.0 Å². The second-order valence-electron chi connectivity index (χ2n) is 4.94. The van der Waals surface area contributed by atoms with Gasteiger partial charge in [-0.3, -0.25) is 0 Å². The van der Waals surface area contributed by atoms with Crippen LogP contribution in [-0.2, 0) is 12.8 Å². The highest BCUT2D eigenvalue weighted by Crippen LogP contribution is 2.36. The van der Waals surface area contributed by atoms with Crippen LogP contribution in [0.3, 0.4) is 0 Å². The Morgan fingerprint density at radius 3 is 2.94 bits per heavy atom. The molecule has 1 heterocycles. The number of hydrogen-bond acceptors (Lipinski definition) is 4. The number of aliphatic hydroxyl groups is 1. The van der Waals surface area contributed by atoms with Gasteiger partial charge >= 0.3 is 0 Å². The fraction of sp³-hybridized carbons (Fsp3) is 0.429. The molecular formula is C14H16N2O2. The number of nitrogens with zero attached hydrogens (tertiary/aromatic N) is 2. The highest BCUT2D eigenvalue weighted by molar-refractivity contribution is 5.32. The topological polar surface area (TPSA) is 59.2 Å². The van der Waals surface area contributed by atoms with Gasteiger partial charge in [0, 0.05) is 6.42 Å². The molecule has 2 aromatic rings. The SMILES string of the molecule is Cc1nonc1CC1CCc2ccccc2C1O. The number of aromatic nitrogens is 2. The lowest BCUT2D eigenvalue weighted by atomic mass is 9.79. The van der Waals surface area contributed by atoms with E-state index in [-0.39, 0.29) is 5.92 Å². The summed E-state index contributed by atoms with van der Waals surface area (Å²) in [6.45, 7) is 1.88. The lowest BCUT2D eigenvalue weighted by molar-refractivity contribution is 0.0925. The number of fused-ring (bicyclic) bond motifs is 1. The summed E-state index contributed by atoms with van der Waals surface area (Å²) in [5.41, 5.74) is 4.00. The van der Waals surface area contributed by atoms with Crippen molar-refractivity contribution in [3.63, 3.8) is 0 Å². The van der Waals surface area contributed by atoms with E-state index in [4.69, 9.17) is 4.63 Å². The van der Waals surface area contributed by atoms with Crippen LogP contribution in [0, 0.1) is 12.8 Å². The molecule has 0 saturated carbocycles. The van der Waals surface area contributed by atoms with Gasteiger partial charge in [-0.05, 0) is 36.8 Å². The molecule has 18 heavy (non-hydrogen) atoms. The summed E-state index contributed by atoms with van der Waals surface area (Å²) < 4.78 is 4.71. The molecule has 0 spiro atoms. The maximum Gasteiger partial charge on any atom is 0.108 e. The molecule has 3 rings (SSSR count). The number of aliphatic hydroxyl groups excluding tert-OH is 1. The Labute approximate surface area is 106 Å². The molecule has 0 amide bonds. The van der Waals surface area contributed by atoms with Gasteiger partial charge in [0.25, 0.3) is 0 Å². The summed E-state index contributed by atoms with van der Waals surface area (Å²) in [7, 11) is 0. The van der Waals surface area contributed by atoms with Gasteiger partial charge in [0.1, 0.15) is 11.4 Å². The van der Waals surface area contributed by atoms with Crippen LogP contribution < -0.4 is 0 Å². The second-order valence-corrected chi connectivity index (χ2v) is 4.94. The molecule has 1 N–H and O–H groups in total. The minimum atomic E-state index is -0.411. The van der Waals surface area contributed by atoms with Crippen molar-refractivity contribution in [3.8, 4) is 0 Å². The normalized spacial score (nSPS) is 22.8. The van der Waals surface area contributed by atoms with Crippen LogP contribution >= 0.6 is 0 Å². The van der Waals surface area contributed by atoms with Crippen LogP contribution in [0.25, 0.3) is 0 Å². The van der Waals surface area contributed by atoms with Gasteiger partial charge < -0.3 is 5.11 Å². The molecule has 4 heteroatoms. The quantitative estimate of drug-likeness (QED) is 0.880. The Morgan fingerprint density at radius 2 is 2.17 bits per heavy atom. The Balaban J connectivity index is 1.83. The van der Waals surface area contributed by atoms with Gasteiger partial charge in [-0.25, -0.2) is 4.63 Å². The van der Waals surface area contributed by atoms with Gasteiger partial charge in [0.05, 0.1) is 6.10 Å². The first kappa shape index (κ1) is 11.4. The van der Waals surface area contributed by atoms with E-state index in [1.165, 1.54) is 5.56 Å². The molecule has 1 aliphatic carbocycles. The van der Waals surface area contributed by atoms with E-state index < -0.39 is 6.10 Å². The average molecular weight is 244 g/mol. The number of aryl methyl sites for hydroxylation is 2. The Morgan fingerprint density at radius 1 is 1.33 bits per heavy atom. The largest absolute Gasteiger partial charge is 0.388 e. The van der Waals surface area contributed by atoms with E-state index >= 15 is 0 Å². The lowest BCUT2D eigenvalue weighted by Gasteiger charge is -2.29.